The first kappa shape index (κ1) is 22.3. The van der Waals surface area contributed by atoms with Gasteiger partial charge in [0.05, 0.1) is 9.79 Å². The van der Waals surface area contributed by atoms with Crippen molar-refractivity contribution in [1.82, 2.24) is 0 Å². The zero-order chi connectivity index (χ0) is 23.4. The topological polar surface area (TPSA) is 34.1 Å². The van der Waals surface area contributed by atoms with Gasteiger partial charge in [-0.2, -0.15) is 0 Å². The van der Waals surface area contributed by atoms with Gasteiger partial charge >= 0.3 is 0 Å². The summed E-state index contributed by atoms with van der Waals surface area (Å²) in [4.78, 5) is 0.604. The minimum Gasteiger partial charge on any atom is -0.219 e. The predicted octanol–water partition coefficient (Wildman–Crippen LogP) is 5.14. The van der Waals surface area contributed by atoms with E-state index in [4.69, 9.17) is 0 Å². The summed E-state index contributed by atoms with van der Waals surface area (Å²) < 4.78 is 26.4. The monoisotopic (exact) mass is 479 g/mol. The van der Waals surface area contributed by atoms with E-state index in [9.17, 15) is 8.42 Å². The Bertz CT molecular complexity index is 1370. The molecule has 5 aromatic rings. The lowest BCUT2D eigenvalue weighted by Crippen LogP contribution is -2.38. The van der Waals surface area contributed by atoms with Gasteiger partial charge in [-0.15, -0.1) is 0 Å². The van der Waals surface area contributed by atoms with Gasteiger partial charge in [0.2, 0.25) is 9.84 Å². The summed E-state index contributed by atoms with van der Waals surface area (Å²) in [6.45, 7) is 0. The summed E-state index contributed by atoms with van der Waals surface area (Å²) in [6.07, 6.45) is 0. The normalized spacial score (nSPS) is 11.8. The van der Waals surface area contributed by atoms with Crippen LogP contribution in [0.5, 0.6) is 0 Å². The second kappa shape index (κ2) is 9.38. The molecule has 0 aliphatic carbocycles. The molecule has 0 amide bonds. The summed E-state index contributed by atoms with van der Waals surface area (Å²) >= 11 is 0. The van der Waals surface area contributed by atoms with E-state index in [1.165, 1.54) is 15.9 Å². The molecule has 34 heavy (non-hydrogen) atoms. The Balaban J connectivity index is 1.75. The molecule has 0 saturated heterocycles. The van der Waals surface area contributed by atoms with Crippen LogP contribution in [0.15, 0.2) is 155 Å². The van der Waals surface area contributed by atoms with E-state index in [2.05, 4.69) is 72.8 Å². The molecule has 5 aromatic carbocycles. The Morgan fingerprint density at radius 3 is 1.03 bits per heavy atom. The highest BCUT2D eigenvalue weighted by Crippen LogP contribution is 2.54. The first-order chi connectivity index (χ1) is 16.6. The average Bonchev–Trinajstić information content (AvgIpc) is 2.92. The number of rotatable bonds is 6. The van der Waals surface area contributed by atoms with E-state index in [0.29, 0.717) is 9.79 Å². The van der Waals surface area contributed by atoms with Crippen LogP contribution >= 0.6 is 7.26 Å². The minimum atomic E-state index is -3.58. The molecule has 0 aliphatic heterocycles. The molecule has 5 rings (SSSR count). The Morgan fingerprint density at radius 1 is 0.353 bits per heavy atom. The maximum absolute atomic E-state index is 13.2. The molecule has 0 saturated carbocycles. The molecule has 0 N–H and O–H groups in total. The third-order valence-corrected chi connectivity index (χ3v) is 12.1. The van der Waals surface area contributed by atoms with E-state index >= 15 is 0 Å². The smallest absolute Gasteiger partial charge is 0.206 e. The highest BCUT2D eigenvalue weighted by atomic mass is 32.2. The molecule has 0 atom stereocenters. The van der Waals surface area contributed by atoms with Gasteiger partial charge in [0, 0.05) is 0 Å². The molecule has 0 radical (unpaired) electrons. The van der Waals surface area contributed by atoms with Crippen molar-refractivity contribution in [2.45, 2.75) is 9.79 Å². The number of sulfone groups is 1. The van der Waals surface area contributed by atoms with E-state index in [0.717, 1.165) is 5.30 Å². The molecule has 0 bridgehead atoms. The summed E-state index contributed by atoms with van der Waals surface area (Å²) in [5, 5.41) is 4.80. The van der Waals surface area contributed by atoms with Crippen LogP contribution in [0.25, 0.3) is 0 Å². The molecule has 4 heteroatoms. The van der Waals surface area contributed by atoms with Gasteiger partial charge < -0.3 is 0 Å². The third kappa shape index (κ3) is 3.88. The van der Waals surface area contributed by atoms with E-state index in [1.807, 2.05) is 36.4 Å². The summed E-state index contributed by atoms with van der Waals surface area (Å²) in [5.41, 5.74) is 0. The Morgan fingerprint density at radius 2 is 0.647 bits per heavy atom. The zero-order valence-electron chi connectivity index (χ0n) is 18.5. The number of benzene rings is 5. The lowest BCUT2D eigenvalue weighted by molar-refractivity contribution is 0.596. The van der Waals surface area contributed by atoms with Crippen molar-refractivity contribution in [3.8, 4) is 0 Å². The predicted molar refractivity (Wildman–Crippen MR) is 143 cm³/mol. The van der Waals surface area contributed by atoms with Crippen LogP contribution in [0.4, 0.5) is 0 Å². The molecule has 0 fully saturated rings. The van der Waals surface area contributed by atoms with Crippen LogP contribution in [0, 0.1) is 0 Å². The largest absolute Gasteiger partial charge is 0.219 e. The Kier molecular flexibility index (Phi) is 6.15. The van der Waals surface area contributed by atoms with Crippen molar-refractivity contribution in [3.63, 3.8) is 0 Å². The van der Waals surface area contributed by atoms with Crippen molar-refractivity contribution in [2.75, 3.05) is 0 Å². The summed E-state index contributed by atoms with van der Waals surface area (Å²) in [6, 6.07) is 47.7. The van der Waals surface area contributed by atoms with E-state index < -0.39 is 17.1 Å². The molecular formula is C30H24O2PS+. The molecule has 0 heterocycles. The second-order valence-electron chi connectivity index (χ2n) is 7.99. The lowest BCUT2D eigenvalue weighted by Gasteiger charge is -2.27. The van der Waals surface area contributed by atoms with Gasteiger partial charge in [0.1, 0.15) is 28.5 Å². The summed E-state index contributed by atoms with van der Waals surface area (Å²) in [7, 11) is -5.83. The van der Waals surface area contributed by atoms with Gasteiger partial charge in [-0.1, -0.05) is 72.8 Å². The lowest BCUT2D eigenvalue weighted by atomic mass is 10.3. The molecule has 166 valence electrons. The maximum atomic E-state index is 13.2. The van der Waals surface area contributed by atoms with Gasteiger partial charge in [-0.05, 0) is 72.8 Å². The van der Waals surface area contributed by atoms with Crippen LogP contribution in [-0.4, -0.2) is 8.42 Å². The van der Waals surface area contributed by atoms with E-state index in [1.54, 1.807) is 36.4 Å². The average molecular weight is 480 g/mol. The molecule has 0 aliphatic rings. The van der Waals surface area contributed by atoms with Crippen molar-refractivity contribution < 1.29 is 8.42 Å². The number of hydrogen-bond acceptors (Lipinski definition) is 2. The fourth-order valence-corrected chi connectivity index (χ4v) is 9.96. The second-order valence-corrected chi connectivity index (χ2v) is 13.3. The first-order valence-corrected chi connectivity index (χ1v) is 14.4. The number of hydrogen-bond donors (Lipinski definition) is 0. The molecular weight excluding hydrogens is 455 g/mol. The first-order valence-electron chi connectivity index (χ1n) is 11.1. The highest BCUT2D eigenvalue weighted by molar-refractivity contribution is 8.01. The third-order valence-electron chi connectivity index (χ3n) is 6.02. The SMILES string of the molecule is O=S(=O)(c1ccccc1)c1ccc([P+](c2ccccc2)(c2ccccc2)c2ccccc2)cc1. The van der Waals surface area contributed by atoms with Crippen molar-refractivity contribution in [1.29, 1.82) is 0 Å². The Labute approximate surface area is 201 Å². The minimum absolute atomic E-state index is 0.301. The molecule has 0 spiro atoms. The zero-order valence-corrected chi connectivity index (χ0v) is 20.2. The van der Waals surface area contributed by atoms with Crippen LogP contribution < -0.4 is 21.2 Å². The standard InChI is InChI=1S/C30H24O2PS/c31-34(32,29-19-11-4-12-20-29)30-23-21-28(22-24-30)33(25-13-5-1-6-14-25,26-15-7-2-8-16-26)27-17-9-3-10-18-27/h1-24H/q+1. The van der Waals surface area contributed by atoms with Gasteiger partial charge in [0.25, 0.3) is 0 Å². The van der Waals surface area contributed by atoms with Crippen LogP contribution in [0.3, 0.4) is 0 Å². The van der Waals surface area contributed by atoms with Crippen molar-refractivity contribution in [2.24, 2.45) is 0 Å². The van der Waals surface area contributed by atoms with Gasteiger partial charge in [0.15, 0.2) is 0 Å². The van der Waals surface area contributed by atoms with Crippen LogP contribution in [-0.2, 0) is 9.84 Å². The van der Waals surface area contributed by atoms with Crippen LogP contribution in [0.2, 0.25) is 0 Å². The van der Waals surface area contributed by atoms with Gasteiger partial charge in [-0.25, -0.2) is 8.42 Å². The maximum Gasteiger partial charge on any atom is 0.206 e. The Hall–Kier alpha value is -3.52. The highest BCUT2D eigenvalue weighted by Gasteiger charge is 2.47. The molecule has 0 aromatic heterocycles. The quantitative estimate of drug-likeness (QED) is 0.316. The fourth-order valence-electron chi connectivity index (χ4n) is 4.43. The van der Waals surface area contributed by atoms with Crippen LogP contribution in [0.1, 0.15) is 0 Å². The molecule has 2 nitrogen and oxygen atoms in total. The van der Waals surface area contributed by atoms with Gasteiger partial charge in [-0.3, -0.25) is 0 Å². The van der Waals surface area contributed by atoms with E-state index in [-0.39, 0.29) is 0 Å². The fraction of sp³-hybridized carbons (Fsp3) is 0. The van der Waals surface area contributed by atoms with Crippen molar-refractivity contribution in [3.05, 3.63) is 146 Å². The summed E-state index contributed by atoms with van der Waals surface area (Å²) in [5.74, 6) is 0. The van der Waals surface area contributed by atoms with Crippen molar-refractivity contribution >= 4 is 38.3 Å². The molecule has 0 unspecified atom stereocenters.